The Morgan fingerprint density at radius 3 is 2.67 bits per heavy atom. The third-order valence-corrected chi connectivity index (χ3v) is 3.68. The number of hydrogen-bond acceptors (Lipinski definition) is 4. The topological polar surface area (TPSA) is 63.1 Å². The molecule has 0 aliphatic heterocycles. The molecule has 2 aromatic rings. The van der Waals surface area contributed by atoms with Crippen molar-refractivity contribution in [2.75, 3.05) is 0 Å². The van der Waals surface area contributed by atoms with Gasteiger partial charge in [0, 0.05) is 9.37 Å². The predicted octanol–water partition coefficient (Wildman–Crippen LogP) is 3.74. The maximum atomic E-state index is 11.1. The summed E-state index contributed by atoms with van der Waals surface area (Å²) in [6.45, 7) is 0. The second-order valence-corrected chi connectivity index (χ2v) is 5.61. The normalized spacial score (nSPS) is 10.3. The summed E-state index contributed by atoms with van der Waals surface area (Å²) >= 11 is 10.2. The van der Waals surface area contributed by atoms with Crippen LogP contribution in [0.4, 0.5) is 0 Å². The number of nitrogens with zero attached hydrogens (tertiary/aromatic N) is 2. The van der Waals surface area contributed by atoms with Crippen molar-refractivity contribution in [3.8, 4) is 0 Å². The van der Waals surface area contributed by atoms with E-state index in [9.17, 15) is 4.79 Å². The molecule has 0 fully saturated rings. The molecule has 1 heterocycles. The van der Waals surface area contributed by atoms with Gasteiger partial charge in [-0.05, 0) is 30.3 Å². The van der Waals surface area contributed by atoms with Gasteiger partial charge in [-0.1, -0.05) is 39.3 Å². The molecular formula is C11H6BrClN2O2S. The van der Waals surface area contributed by atoms with Crippen LogP contribution in [0.3, 0.4) is 0 Å². The van der Waals surface area contributed by atoms with Gasteiger partial charge in [0.15, 0.2) is 5.15 Å². The molecule has 0 atom stereocenters. The fourth-order valence-corrected chi connectivity index (χ4v) is 2.74. The summed E-state index contributed by atoms with van der Waals surface area (Å²) in [6.07, 6.45) is 0. The van der Waals surface area contributed by atoms with E-state index in [0.717, 1.165) is 4.47 Å². The van der Waals surface area contributed by atoms with Crippen LogP contribution in [0.1, 0.15) is 10.4 Å². The first-order valence-electron chi connectivity index (χ1n) is 4.76. The third kappa shape index (κ3) is 3.22. The second-order valence-electron chi connectivity index (χ2n) is 3.24. The van der Waals surface area contributed by atoms with Gasteiger partial charge < -0.3 is 5.11 Å². The lowest BCUT2D eigenvalue weighted by Gasteiger charge is -2.05. The summed E-state index contributed by atoms with van der Waals surface area (Å²) in [5, 5.41) is 17.6. The van der Waals surface area contributed by atoms with E-state index < -0.39 is 5.97 Å². The summed E-state index contributed by atoms with van der Waals surface area (Å²) < 4.78 is 0.803. The van der Waals surface area contributed by atoms with Crippen molar-refractivity contribution in [2.45, 2.75) is 9.92 Å². The molecule has 1 aromatic carbocycles. The van der Waals surface area contributed by atoms with Gasteiger partial charge in [0.2, 0.25) is 0 Å². The van der Waals surface area contributed by atoms with Crippen LogP contribution in [0.15, 0.2) is 44.7 Å². The summed E-state index contributed by atoms with van der Waals surface area (Å²) in [5.41, 5.74) is 0.222. The third-order valence-electron chi connectivity index (χ3n) is 2.00. The number of rotatable bonds is 3. The number of halogens is 2. The molecule has 4 nitrogen and oxygen atoms in total. The summed E-state index contributed by atoms with van der Waals surface area (Å²) in [7, 11) is 0. The van der Waals surface area contributed by atoms with Crippen LogP contribution in [0.2, 0.25) is 5.15 Å². The molecule has 1 aromatic heterocycles. The van der Waals surface area contributed by atoms with Crippen molar-refractivity contribution in [1.82, 2.24) is 10.2 Å². The highest BCUT2D eigenvalue weighted by Crippen LogP contribution is 2.31. The van der Waals surface area contributed by atoms with Gasteiger partial charge in [-0.15, -0.1) is 10.2 Å². The molecule has 0 unspecified atom stereocenters. The van der Waals surface area contributed by atoms with Crippen LogP contribution in [0, 0.1) is 0 Å². The smallest absolute Gasteiger partial charge is 0.336 e. The average molecular weight is 346 g/mol. The lowest BCUT2D eigenvalue weighted by molar-refractivity contribution is 0.0693. The van der Waals surface area contributed by atoms with Crippen molar-refractivity contribution in [2.24, 2.45) is 0 Å². The quantitative estimate of drug-likeness (QED) is 0.918. The van der Waals surface area contributed by atoms with Crippen molar-refractivity contribution in [3.63, 3.8) is 0 Å². The molecule has 2 rings (SSSR count). The maximum Gasteiger partial charge on any atom is 0.336 e. The number of carbonyl (C=O) groups is 1. The number of carboxylic acid groups (broad SMARTS) is 1. The van der Waals surface area contributed by atoms with E-state index in [1.165, 1.54) is 17.8 Å². The highest BCUT2D eigenvalue weighted by molar-refractivity contribution is 9.10. The monoisotopic (exact) mass is 344 g/mol. The van der Waals surface area contributed by atoms with E-state index in [-0.39, 0.29) is 5.56 Å². The van der Waals surface area contributed by atoms with Gasteiger partial charge in [0.25, 0.3) is 0 Å². The van der Waals surface area contributed by atoms with Crippen LogP contribution in [0.5, 0.6) is 0 Å². The molecule has 0 saturated carbocycles. The molecule has 0 amide bonds. The minimum absolute atomic E-state index is 0.222. The minimum atomic E-state index is -0.980. The van der Waals surface area contributed by atoms with E-state index in [0.29, 0.717) is 15.1 Å². The first-order valence-corrected chi connectivity index (χ1v) is 6.75. The molecular weight excluding hydrogens is 340 g/mol. The van der Waals surface area contributed by atoms with Crippen LogP contribution >= 0.6 is 39.3 Å². The molecule has 0 aliphatic carbocycles. The van der Waals surface area contributed by atoms with E-state index in [1.807, 2.05) is 0 Å². The van der Waals surface area contributed by atoms with E-state index in [1.54, 1.807) is 24.3 Å². The van der Waals surface area contributed by atoms with Crippen molar-refractivity contribution < 1.29 is 9.90 Å². The highest BCUT2D eigenvalue weighted by Gasteiger charge is 2.12. The van der Waals surface area contributed by atoms with Crippen molar-refractivity contribution >= 4 is 45.3 Å². The molecule has 1 N–H and O–H groups in total. The van der Waals surface area contributed by atoms with Crippen LogP contribution in [0.25, 0.3) is 0 Å². The number of carboxylic acids is 1. The van der Waals surface area contributed by atoms with Gasteiger partial charge >= 0.3 is 5.97 Å². The molecule has 18 heavy (non-hydrogen) atoms. The zero-order valence-electron chi connectivity index (χ0n) is 8.80. The Morgan fingerprint density at radius 1 is 1.28 bits per heavy atom. The SMILES string of the molecule is O=C(O)c1ccc(Br)cc1Sc1ccc(Cl)nn1. The van der Waals surface area contributed by atoms with E-state index >= 15 is 0 Å². The van der Waals surface area contributed by atoms with Crippen molar-refractivity contribution in [1.29, 1.82) is 0 Å². The molecule has 0 saturated heterocycles. The molecule has 7 heteroatoms. The van der Waals surface area contributed by atoms with Gasteiger partial charge in [-0.25, -0.2) is 4.79 Å². The predicted molar refractivity (Wildman–Crippen MR) is 72.3 cm³/mol. The minimum Gasteiger partial charge on any atom is -0.478 e. The summed E-state index contributed by atoms with van der Waals surface area (Å²) in [4.78, 5) is 11.7. The summed E-state index contributed by atoms with van der Waals surface area (Å²) in [6, 6.07) is 8.24. The first kappa shape index (κ1) is 13.3. The number of hydrogen-bond donors (Lipinski definition) is 1. The van der Waals surface area contributed by atoms with Gasteiger partial charge in [0.05, 0.1) is 5.56 Å². The lowest BCUT2D eigenvalue weighted by Crippen LogP contribution is -1.98. The standard InChI is InChI=1S/C11H6BrClN2O2S/c12-6-1-2-7(11(16)17)8(5-6)18-10-4-3-9(13)14-15-10/h1-5H,(H,16,17). The number of benzene rings is 1. The molecule has 0 spiro atoms. The zero-order chi connectivity index (χ0) is 13.1. The molecule has 0 bridgehead atoms. The molecule has 0 aliphatic rings. The Bertz CT molecular complexity index is 592. The van der Waals surface area contributed by atoms with Gasteiger partial charge in [-0.3, -0.25) is 0 Å². The van der Waals surface area contributed by atoms with Crippen LogP contribution < -0.4 is 0 Å². The Balaban J connectivity index is 2.35. The Kier molecular flexibility index (Phi) is 4.21. The maximum absolute atomic E-state index is 11.1. The van der Waals surface area contributed by atoms with Crippen LogP contribution in [-0.4, -0.2) is 21.3 Å². The Labute approximate surface area is 121 Å². The highest BCUT2D eigenvalue weighted by atomic mass is 79.9. The van der Waals surface area contributed by atoms with E-state index in [2.05, 4.69) is 26.1 Å². The van der Waals surface area contributed by atoms with Crippen molar-refractivity contribution in [3.05, 3.63) is 45.5 Å². The van der Waals surface area contributed by atoms with E-state index in [4.69, 9.17) is 16.7 Å². The zero-order valence-corrected chi connectivity index (χ0v) is 12.0. The van der Waals surface area contributed by atoms with Crippen LogP contribution in [-0.2, 0) is 0 Å². The Hall–Kier alpha value is -1.11. The lowest BCUT2D eigenvalue weighted by atomic mass is 10.2. The fourth-order valence-electron chi connectivity index (χ4n) is 1.23. The first-order chi connectivity index (χ1) is 8.56. The number of aromatic nitrogens is 2. The molecule has 92 valence electrons. The second kappa shape index (κ2) is 5.69. The van der Waals surface area contributed by atoms with Gasteiger partial charge in [0.1, 0.15) is 5.03 Å². The molecule has 0 radical (unpaired) electrons. The average Bonchev–Trinajstić information content (AvgIpc) is 2.32. The summed E-state index contributed by atoms with van der Waals surface area (Å²) in [5.74, 6) is -0.980. The fraction of sp³-hybridized carbons (Fsp3) is 0. The van der Waals surface area contributed by atoms with Gasteiger partial charge in [-0.2, -0.15) is 0 Å². The largest absolute Gasteiger partial charge is 0.478 e. The Morgan fingerprint density at radius 2 is 2.06 bits per heavy atom. The number of aromatic carboxylic acids is 1.